The number of aromatic nitrogens is 1. The first-order valence-corrected chi connectivity index (χ1v) is 6.45. The molecule has 0 radical (unpaired) electrons. The molecule has 1 saturated carbocycles. The Morgan fingerprint density at radius 1 is 1.53 bits per heavy atom. The first-order valence-electron chi connectivity index (χ1n) is 6.45. The minimum absolute atomic E-state index is 0.0992. The Balaban J connectivity index is 2.20. The van der Waals surface area contributed by atoms with Gasteiger partial charge in [-0.1, -0.05) is 0 Å². The summed E-state index contributed by atoms with van der Waals surface area (Å²) in [6.45, 7) is 0.709. The summed E-state index contributed by atoms with van der Waals surface area (Å²) in [6, 6.07) is 6.41. The second-order valence-corrected chi connectivity index (χ2v) is 4.93. The molecule has 0 saturated heterocycles. The Morgan fingerprint density at radius 2 is 2.26 bits per heavy atom. The number of hydrogen-bond donors (Lipinski definition) is 0. The molecule has 0 atom stereocenters. The molecule has 5 nitrogen and oxygen atoms in total. The van der Waals surface area contributed by atoms with Gasteiger partial charge in [0.25, 0.3) is 5.91 Å². The lowest BCUT2D eigenvalue weighted by atomic mass is 10.2. The zero-order chi connectivity index (χ0) is 13.8. The van der Waals surface area contributed by atoms with E-state index >= 15 is 0 Å². The van der Waals surface area contributed by atoms with Crippen LogP contribution in [0.5, 0.6) is 0 Å². The summed E-state index contributed by atoms with van der Waals surface area (Å²) in [5, 5.41) is 8.73. The topological polar surface area (TPSA) is 60.2 Å². The summed E-state index contributed by atoms with van der Waals surface area (Å²) in [5.41, 5.74) is 1.43. The number of nitriles is 1. The second kappa shape index (κ2) is 5.70. The highest BCUT2D eigenvalue weighted by atomic mass is 16.2. The maximum atomic E-state index is 11.9. The molecule has 0 N–H and O–H groups in total. The number of carbonyl (C=O) groups excluding carboxylic acids is 1. The third-order valence-electron chi connectivity index (χ3n) is 3.15. The summed E-state index contributed by atoms with van der Waals surface area (Å²) in [7, 11) is 3.43. The molecule has 5 heteroatoms. The van der Waals surface area contributed by atoms with Crippen molar-refractivity contribution in [1.29, 1.82) is 5.26 Å². The van der Waals surface area contributed by atoms with Gasteiger partial charge < -0.3 is 9.80 Å². The van der Waals surface area contributed by atoms with Gasteiger partial charge in [-0.25, -0.2) is 0 Å². The van der Waals surface area contributed by atoms with E-state index in [1.807, 2.05) is 12.1 Å². The highest BCUT2D eigenvalue weighted by molar-refractivity contribution is 5.92. The van der Waals surface area contributed by atoms with Gasteiger partial charge >= 0.3 is 0 Å². The smallest absolute Gasteiger partial charge is 0.272 e. The van der Waals surface area contributed by atoms with Crippen molar-refractivity contribution >= 4 is 11.6 Å². The van der Waals surface area contributed by atoms with Crippen molar-refractivity contribution in [3.8, 4) is 6.07 Å². The van der Waals surface area contributed by atoms with Crippen molar-refractivity contribution in [3.63, 3.8) is 0 Å². The summed E-state index contributed by atoms with van der Waals surface area (Å²) >= 11 is 0. The first kappa shape index (κ1) is 13.3. The van der Waals surface area contributed by atoms with Gasteiger partial charge in [0.1, 0.15) is 5.69 Å². The van der Waals surface area contributed by atoms with Crippen LogP contribution < -0.4 is 4.90 Å². The quantitative estimate of drug-likeness (QED) is 0.806. The van der Waals surface area contributed by atoms with Crippen molar-refractivity contribution < 1.29 is 4.79 Å². The van der Waals surface area contributed by atoms with Crippen molar-refractivity contribution in [2.45, 2.75) is 25.3 Å². The Bertz CT molecular complexity index is 502. The van der Waals surface area contributed by atoms with Crippen molar-refractivity contribution in [3.05, 3.63) is 24.0 Å². The normalized spacial score (nSPS) is 13.7. The van der Waals surface area contributed by atoms with Crippen LogP contribution in [0.3, 0.4) is 0 Å². The molecule has 2 rings (SSSR count). The number of amides is 1. The van der Waals surface area contributed by atoms with Crippen LogP contribution in [0.15, 0.2) is 18.3 Å². The van der Waals surface area contributed by atoms with Gasteiger partial charge in [-0.2, -0.15) is 5.26 Å². The Kier molecular flexibility index (Phi) is 4.00. The largest absolute Gasteiger partial charge is 0.367 e. The van der Waals surface area contributed by atoms with E-state index in [9.17, 15) is 4.79 Å². The average Bonchev–Trinajstić information content (AvgIpc) is 3.23. The van der Waals surface area contributed by atoms with E-state index in [0.717, 1.165) is 18.5 Å². The van der Waals surface area contributed by atoms with Gasteiger partial charge in [-0.3, -0.25) is 9.78 Å². The van der Waals surface area contributed by atoms with E-state index in [-0.39, 0.29) is 5.91 Å². The van der Waals surface area contributed by atoms with E-state index in [1.54, 1.807) is 20.3 Å². The van der Waals surface area contributed by atoms with Crippen molar-refractivity contribution in [2.24, 2.45) is 0 Å². The molecule has 0 aliphatic heterocycles. The molecule has 0 bridgehead atoms. The number of carbonyl (C=O) groups is 1. The molecule has 0 spiro atoms. The van der Waals surface area contributed by atoms with Gasteiger partial charge in [-0.15, -0.1) is 0 Å². The summed E-state index contributed by atoms with van der Waals surface area (Å²) in [6.07, 6.45) is 4.47. The lowest BCUT2D eigenvalue weighted by Gasteiger charge is -2.24. The zero-order valence-electron chi connectivity index (χ0n) is 11.3. The molecular weight excluding hydrogens is 240 g/mol. The number of anilines is 1. The standard InChI is InChI=1S/C14H18N4O/c1-17(2)14(19)13-10-12(6-8-16-13)18(9-3-7-15)11-4-5-11/h6,8,10-11H,3-5,9H2,1-2H3. The van der Waals surface area contributed by atoms with Crippen LogP contribution in [0.4, 0.5) is 5.69 Å². The Morgan fingerprint density at radius 3 is 2.84 bits per heavy atom. The highest BCUT2D eigenvalue weighted by Gasteiger charge is 2.29. The van der Waals surface area contributed by atoms with Gasteiger partial charge in [0.05, 0.1) is 12.5 Å². The minimum atomic E-state index is -0.0992. The lowest BCUT2D eigenvalue weighted by molar-refractivity contribution is 0.0822. The highest BCUT2D eigenvalue weighted by Crippen LogP contribution is 2.31. The number of rotatable bonds is 5. The average molecular weight is 258 g/mol. The van der Waals surface area contributed by atoms with Gasteiger partial charge in [-0.05, 0) is 25.0 Å². The summed E-state index contributed by atoms with van der Waals surface area (Å²) in [5.74, 6) is -0.0992. The van der Waals surface area contributed by atoms with E-state index < -0.39 is 0 Å². The van der Waals surface area contributed by atoms with Crippen LogP contribution in [0.2, 0.25) is 0 Å². The Hall–Kier alpha value is -2.09. The molecule has 1 heterocycles. The molecule has 1 aliphatic rings. The van der Waals surface area contributed by atoms with Gasteiger partial charge in [0, 0.05) is 38.6 Å². The van der Waals surface area contributed by atoms with Gasteiger partial charge in [0.15, 0.2) is 0 Å². The predicted molar refractivity (Wildman–Crippen MR) is 72.9 cm³/mol. The third kappa shape index (κ3) is 3.22. The third-order valence-corrected chi connectivity index (χ3v) is 3.15. The zero-order valence-corrected chi connectivity index (χ0v) is 11.3. The van der Waals surface area contributed by atoms with Crippen molar-refractivity contribution in [1.82, 2.24) is 9.88 Å². The molecule has 0 aromatic carbocycles. The van der Waals surface area contributed by atoms with Crippen LogP contribution in [0.1, 0.15) is 29.8 Å². The summed E-state index contributed by atoms with van der Waals surface area (Å²) < 4.78 is 0. The fourth-order valence-corrected chi connectivity index (χ4v) is 2.02. The van der Waals surface area contributed by atoms with E-state index in [1.165, 1.54) is 4.90 Å². The molecule has 1 aliphatic carbocycles. The van der Waals surface area contributed by atoms with E-state index in [4.69, 9.17) is 5.26 Å². The van der Waals surface area contributed by atoms with Crippen LogP contribution in [0, 0.1) is 11.3 Å². The van der Waals surface area contributed by atoms with Crippen LogP contribution >= 0.6 is 0 Å². The molecule has 100 valence electrons. The summed E-state index contributed by atoms with van der Waals surface area (Å²) in [4.78, 5) is 19.8. The monoisotopic (exact) mass is 258 g/mol. The fourth-order valence-electron chi connectivity index (χ4n) is 2.02. The van der Waals surface area contributed by atoms with Crippen LogP contribution in [-0.4, -0.2) is 42.5 Å². The lowest BCUT2D eigenvalue weighted by Crippen LogP contribution is -2.28. The van der Waals surface area contributed by atoms with Crippen molar-refractivity contribution in [2.75, 3.05) is 25.5 Å². The fraction of sp³-hybridized carbons (Fsp3) is 0.500. The maximum absolute atomic E-state index is 11.9. The number of pyridine rings is 1. The predicted octanol–water partition coefficient (Wildman–Crippen LogP) is 1.67. The maximum Gasteiger partial charge on any atom is 0.272 e. The van der Waals surface area contributed by atoms with Gasteiger partial charge in [0.2, 0.25) is 0 Å². The molecule has 1 fully saturated rings. The number of hydrogen-bond acceptors (Lipinski definition) is 4. The number of nitrogens with zero attached hydrogens (tertiary/aromatic N) is 4. The molecule has 0 unspecified atom stereocenters. The van der Waals surface area contributed by atoms with E-state index in [0.29, 0.717) is 24.7 Å². The molecule has 1 aromatic rings. The van der Waals surface area contributed by atoms with E-state index in [2.05, 4.69) is 16.0 Å². The van der Waals surface area contributed by atoms with Crippen LogP contribution in [0.25, 0.3) is 0 Å². The molecule has 1 aromatic heterocycles. The SMILES string of the molecule is CN(C)C(=O)c1cc(N(CCC#N)C2CC2)ccn1. The molecule has 19 heavy (non-hydrogen) atoms. The first-order chi connectivity index (χ1) is 9.13. The molecular formula is C14H18N4O. The Labute approximate surface area is 113 Å². The second-order valence-electron chi connectivity index (χ2n) is 4.93. The minimum Gasteiger partial charge on any atom is -0.367 e. The molecule has 1 amide bonds. The van der Waals surface area contributed by atoms with Crippen LogP contribution in [-0.2, 0) is 0 Å².